The van der Waals surface area contributed by atoms with E-state index in [2.05, 4.69) is 10.3 Å². The lowest BCUT2D eigenvalue weighted by molar-refractivity contribution is -0.126. The summed E-state index contributed by atoms with van der Waals surface area (Å²) in [6, 6.07) is 14.4. The van der Waals surface area contributed by atoms with Crippen molar-refractivity contribution in [1.82, 2.24) is 19.8 Å². The maximum absolute atomic E-state index is 13.0. The van der Waals surface area contributed by atoms with Gasteiger partial charge in [-0.3, -0.25) is 19.0 Å². The maximum atomic E-state index is 13.0. The third-order valence-electron chi connectivity index (χ3n) is 5.90. The highest BCUT2D eigenvalue weighted by Crippen LogP contribution is 2.20. The Hall–Kier alpha value is -3.48. The van der Waals surface area contributed by atoms with Crippen LogP contribution in [-0.4, -0.2) is 45.4 Å². The van der Waals surface area contributed by atoms with Gasteiger partial charge in [0.05, 0.1) is 16.6 Å². The van der Waals surface area contributed by atoms with E-state index in [0.29, 0.717) is 53.9 Å². The van der Waals surface area contributed by atoms with Crippen molar-refractivity contribution in [1.29, 1.82) is 0 Å². The standard InChI is InChI=1S/C25H28N4O3/c1-16(2)26-23(30)18-12-14-28(15-13-18)24(31)19-8-10-20(11-9-19)29-17(3)27-22-7-5-4-6-21(22)25(29)32/h4-11,16,18H,12-15H2,1-3H3,(H,26,30). The van der Waals surface area contributed by atoms with Gasteiger partial charge in [0.25, 0.3) is 11.5 Å². The lowest BCUT2D eigenvalue weighted by Crippen LogP contribution is -2.44. The number of carbonyl (C=O) groups excluding carboxylic acids is 2. The third-order valence-corrected chi connectivity index (χ3v) is 5.90. The number of piperidine rings is 1. The molecule has 1 N–H and O–H groups in total. The van der Waals surface area contributed by atoms with E-state index in [9.17, 15) is 14.4 Å². The molecule has 1 saturated heterocycles. The summed E-state index contributed by atoms with van der Waals surface area (Å²) in [5.74, 6) is 0.565. The minimum absolute atomic E-state index is 0.0425. The number of amides is 2. The van der Waals surface area contributed by atoms with Crippen molar-refractivity contribution < 1.29 is 9.59 Å². The van der Waals surface area contributed by atoms with Crippen LogP contribution in [0.3, 0.4) is 0 Å². The first-order valence-corrected chi connectivity index (χ1v) is 11.0. The third kappa shape index (κ3) is 4.28. The molecule has 0 bridgehead atoms. The molecule has 1 aliphatic heterocycles. The molecule has 0 radical (unpaired) electrons. The van der Waals surface area contributed by atoms with Crippen molar-refractivity contribution >= 4 is 22.7 Å². The fourth-order valence-electron chi connectivity index (χ4n) is 4.23. The lowest BCUT2D eigenvalue weighted by Gasteiger charge is -2.31. The zero-order valence-electron chi connectivity index (χ0n) is 18.7. The van der Waals surface area contributed by atoms with Gasteiger partial charge in [0, 0.05) is 30.6 Å². The van der Waals surface area contributed by atoms with Gasteiger partial charge in [-0.15, -0.1) is 0 Å². The second kappa shape index (κ2) is 8.94. The summed E-state index contributed by atoms with van der Waals surface area (Å²) in [6.45, 7) is 6.81. The molecule has 0 spiro atoms. The van der Waals surface area contributed by atoms with E-state index in [0.717, 1.165) is 0 Å². The molecule has 0 saturated carbocycles. The van der Waals surface area contributed by atoms with Crippen molar-refractivity contribution in [2.45, 2.75) is 39.7 Å². The van der Waals surface area contributed by atoms with Crippen molar-refractivity contribution in [3.63, 3.8) is 0 Å². The second-order valence-electron chi connectivity index (χ2n) is 8.59. The molecule has 32 heavy (non-hydrogen) atoms. The molecule has 2 aromatic carbocycles. The number of nitrogens with zero attached hydrogens (tertiary/aromatic N) is 3. The van der Waals surface area contributed by atoms with Crippen LogP contribution < -0.4 is 10.9 Å². The average molecular weight is 433 g/mol. The Morgan fingerprint density at radius 2 is 1.69 bits per heavy atom. The van der Waals surface area contributed by atoms with Crippen molar-refractivity contribution in [3.8, 4) is 5.69 Å². The van der Waals surface area contributed by atoms with Crippen LogP contribution in [0.1, 0.15) is 42.9 Å². The van der Waals surface area contributed by atoms with Crippen LogP contribution >= 0.6 is 0 Å². The van der Waals surface area contributed by atoms with E-state index < -0.39 is 0 Å². The Morgan fingerprint density at radius 1 is 1.03 bits per heavy atom. The van der Waals surface area contributed by atoms with Gasteiger partial charge in [0.1, 0.15) is 5.82 Å². The van der Waals surface area contributed by atoms with Crippen LogP contribution in [0.4, 0.5) is 0 Å². The van der Waals surface area contributed by atoms with Crippen molar-refractivity contribution in [3.05, 3.63) is 70.3 Å². The summed E-state index contributed by atoms with van der Waals surface area (Å²) in [5, 5.41) is 3.51. The number of aryl methyl sites for hydroxylation is 1. The Labute approximate surface area is 187 Å². The van der Waals surface area contributed by atoms with Gasteiger partial charge in [-0.05, 0) is 70.0 Å². The number of nitrogens with one attached hydrogen (secondary N) is 1. The SMILES string of the molecule is Cc1nc2ccccc2c(=O)n1-c1ccc(C(=O)N2CCC(C(=O)NC(C)C)CC2)cc1. The number of hydrogen-bond acceptors (Lipinski definition) is 4. The van der Waals surface area contributed by atoms with Crippen LogP contribution in [0, 0.1) is 12.8 Å². The van der Waals surface area contributed by atoms with Crippen LogP contribution in [0.5, 0.6) is 0 Å². The summed E-state index contributed by atoms with van der Waals surface area (Å²) in [6.07, 6.45) is 1.33. The predicted molar refractivity (Wildman–Crippen MR) is 124 cm³/mol. The quantitative estimate of drug-likeness (QED) is 0.687. The molecule has 3 aromatic rings. The fraction of sp³-hybridized carbons (Fsp3) is 0.360. The first-order valence-electron chi connectivity index (χ1n) is 11.0. The Morgan fingerprint density at radius 3 is 2.34 bits per heavy atom. The number of benzene rings is 2. The summed E-state index contributed by atoms with van der Waals surface area (Å²) >= 11 is 0. The first kappa shape index (κ1) is 21.7. The minimum atomic E-state index is -0.131. The monoisotopic (exact) mass is 432 g/mol. The Kier molecular flexibility index (Phi) is 6.08. The Balaban J connectivity index is 1.49. The Bertz CT molecular complexity index is 1210. The number of hydrogen-bond donors (Lipinski definition) is 1. The minimum Gasteiger partial charge on any atom is -0.354 e. The zero-order chi connectivity index (χ0) is 22.8. The van der Waals surface area contributed by atoms with E-state index in [-0.39, 0.29) is 29.3 Å². The van der Waals surface area contributed by atoms with Crippen LogP contribution in [0.15, 0.2) is 53.3 Å². The van der Waals surface area contributed by atoms with Gasteiger partial charge >= 0.3 is 0 Å². The highest BCUT2D eigenvalue weighted by Gasteiger charge is 2.28. The molecule has 0 unspecified atom stereocenters. The van der Waals surface area contributed by atoms with Crippen molar-refractivity contribution in [2.24, 2.45) is 5.92 Å². The molecule has 4 rings (SSSR count). The molecule has 1 aliphatic rings. The van der Waals surface area contributed by atoms with Gasteiger partial charge in [-0.25, -0.2) is 4.98 Å². The number of aromatic nitrogens is 2. The normalized spacial score (nSPS) is 14.7. The van der Waals surface area contributed by atoms with Gasteiger partial charge in [-0.2, -0.15) is 0 Å². The molecule has 0 aliphatic carbocycles. The highest BCUT2D eigenvalue weighted by molar-refractivity contribution is 5.94. The predicted octanol–water partition coefficient (Wildman–Crippen LogP) is 3.07. The number of rotatable bonds is 4. The fourth-order valence-corrected chi connectivity index (χ4v) is 4.23. The smallest absolute Gasteiger partial charge is 0.265 e. The van der Waals surface area contributed by atoms with Gasteiger partial charge in [0.15, 0.2) is 0 Å². The highest BCUT2D eigenvalue weighted by atomic mass is 16.2. The van der Waals surface area contributed by atoms with Crippen LogP contribution in [0.25, 0.3) is 16.6 Å². The molecule has 1 fully saturated rings. The number of carbonyl (C=O) groups is 2. The van der Waals surface area contributed by atoms with E-state index in [4.69, 9.17) is 0 Å². The maximum Gasteiger partial charge on any atom is 0.265 e. The molecular formula is C25H28N4O3. The molecular weight excluding hydrogens is 404 g/mol. The summed E-state index contributed by atoms with van der Waals surface area (Å²) in [4.78, 5) is 44.5. The summed E-state index contributed by atoms with van der Waals surface area (Å²) in [7, 11) is 0. The summed E-state index contributed by atoms with van der Waals surface area (Å²) < 4.78 is 1.56. The topological polar surface area (TPSA) is 84.3 Å². The molecule has 7 heteroatoms. The largest absolute Gasteiger partial charge is 0.354 e. The molecule has 7 nitrogen and oxygen atoms in total. The number of para-hydroxylation sites is 1. The number of likely N-dealkylation sites (tertiary alicyclic amines) is 1. The van der Waals surface area contributed by atoms with Gasteiger partial charge < -0.3 is 10.2 Å². The second-order valence-corrected chi connectivity index (χ2v) is 8.59. The van der Waals surface area contributed by atoms with Gasteiger partial charge in [0.2, 0.25) is 5.91 Å². The van der Waals surface area contributed by atoms with E-state index >= 15 is 0 Å². The van der Waals surface area contributed by atoms with Crippen molar-refractivity contribution in [2.75, 3.05) is 13.1 Å². The molecule has 1 aromatic heterocycles. The van der Waals surface area contributed by atoms with E-state index in [1.165, 1.54) is 0 Å². The zero-order valence-corrected chi connectivity index (χ0v) is 18.7. The average Bonchev–Trinajstić information content (AvgIpc) is 2.79. The van der Waals surface area contributed by atoms with E-state index in [1.807, 2.05) is 32.0 Å². The first-order chi connectivity index (χ1) is 15.3. The molecule has 0 atom stereocenters. The lowest BCUT2D eigenvalue weighted by atomic mass is 9.95. The molecule has 166 valence electrons. The molecule has 2 amide bonds. The molecule has 2 heterocycles. The van der Waals surface area contributed by atoms with E-state index in [1.54, 1.807) is 46.7 Å². The summed E-state index contributed by atoms with van der Waals surface area (Å²) in [5.41, 5.74) is 1.78. The van der Waals surface area contributed by atoms with Gasteiger partial charge in [-0.1, -0.05) is 12.1 Å². The number of fused-ring (bicyclic) bond motifs is 1. The van der Waals surface area contributed by atoms with Crippen LogP contribution in [0.2, 0.25) is 0 Å². The van der Waals surface area contributed by atoms with Crippen LogP contribution in [-0.2, 0) is 4.79 Å².